The Bertz CT molecular complexity index is 1800. The Kier molecular flexibility index (Phi) is 8.34. The second-order valence-electron chi connectivity index (χ2n) is 12.3. The largest absolute Gasteiger partial charge is 0.493 e. The Morgan fingerprint density at radius 3 is 2.42 bits per heavy atom. The molecule has 1 aliphatic heterocycles. The van der Waals surface area contributed by atoms with Gasteiger partial charge in [-0.25, -0.2) is 4.98 Å². The molecule has 4 aromatic rings. The van der Waals surface area contributed by atoms with Gasteiger partial charge in [0, 0.05) is 0 Å². The molecule has 2 aliphatic rings. The summed E-state index contributed by atoms with van der Waals surface area (Å²) in [5.41, 5.74) is 8.66. The van der Waals surface area contributed by atoms with E-state index in [9.17, 15) is 0 Å². The lowest BCUT2D eigenvalue weighted by Crippen LogP contribution is -2.34. The van der Waals surface area contributed by atoms with E-state index >= 15 is 0 Å². The van der Waals surface area contributed by atoms with E-state index < -0.39 is 0 Å². The van der Waals surface area contributed by atoms with E-state index in [1.165, 1.54) is 38.3 Å². The summed E-state index contributed by atoms with van der Waals surface area (Å²) in [5.74, 6) is 4.83. The van der Waals surface area contributed by atoms with Gasteiger partial charge in [0.05, 0.1) is 31.9 Å². The van der Waals surface area contributed by atoms with Crippen molar-refractivity contribution >= 4 is 22.2 Å². The van der Waals surface area contributed by atoms with Gasteiger partial charge in [0.25, 0.3) is 0 Å². The van der Waals surface area contributed by atoms with Crippen molar-refractivity contribution in [2.75, 3.05) is 20.8 Å². The van der Waals surface area contributed by atoms with Crippen LogP contribution in [0.3, 0.4) is 0 Å². The Morgan fingerprint density at radius 2 is 1.65 bits per heavy atom. The third kappa shape index (κ3) is 5.82. The summed E-state index contributed by atoms with van der Waals surface area (Å²) in [6.45, 7) is 9.58. The summed E-state index contributed by atoms with van der Waals surface area (Å²) in [6, 6.07) is 17.6. The highest BCUT2D eigenvalue weighted by atomic mass is 16.5. The first-order chi connectivity index (χ1) is 20.9. The van der Waals surface area contributed by atoms with Crippen LogP contribution in [0, 0.1) is 24.7 Å². The quantitative estimate of drug-likeness (QED) is 0.241. The first kappa shape index (κ1) is 29.1. The molecule has 0 fully saturated rings. The molecule has 1 aromatic heterocycles. The maximum atomic E-state index is 6.40. The molecule has 0 spiro atoms. The lowest BCUT2D eigenvalue weighted by Gasteiger charge is -2.27. The molecule has 6 rings (SSSR count). The maximum absolute atomic E-state index is 6.40. The van der Waals surface area contributed by atoms with Crippen LogP contribution in [-0.4, -0.2) is 30.8 Å². The topological polar surface area (TPSA) is 56.4 Å². The lowest BCUT2D eigenvalue weighted by molar-refractivity contribution is 0.258. The molecule has 2 heterocycles. The van der Waals surface area contributed by atoms with Crippen LogP contribution in [0.15, 0.2) is 60.7 Å². The summed E-state index contributed by atoms with van der Waals surface area (Å²) in [7, 11) is 3.45. The summed E-state index contributed by atoms with van der Waals surface area (Å²) < 4.78 is 17.9. The second-order valence-corrected chi connectivity index (χ2v) is 12.3. The summed E-state index contributed by atoms with van der Waals surface area (Å²) in [4.78, 5) is 7.94. The number of hydrogen-bond donors (Lipinski definition) is 1. The van der Waals surface area contributed by atoms with E-state index in [-0.39, 0.29) is 0 Å². The van der Waals surface area contributed by atoms with E-state index in [1.807, 2.05) is 6.92 Å². The number of aryl methyl sites for hydroxylation is 2. The predicted octanol–water partition coefficient (Wildman–Crippen LogP) is 7.53. The number of benzene rings is 3. The van der Waals surface area contributed by atoms with E-state index in [1.54, 1.807) is 14.2 Å². The zero-order valence-corrected chi connectivity index (χ0v) is 26.4. The van der Waals surface area contributed by atoms with Gasteiger partial charge in [0.2, 0.25) is 0 Å². The Hall–Kier alpha value is -3.99. The molecule has 0 amide bonds. The van der Waals surface area contributed by atoms with Gasteiger partial charge >= 0.3 is 0 Å². The molecule has 0 bridgehead atoms. The number of nitrogens with zero attached hydrogens (tertiary/aromatic N) is 1. The molecule has 1 aliphatic carbocycles. The number of imidazole rings is 1. The van der Waals surface area contributed by atoms with Crippen molar-refractivity contribution in [3.63, 3.8) is 0 Å². The van der Waals surface area contributed by atoms with Crippen molar-refractivity contribution in [3.05, 3.63) is 82.5 Å². The fourth-order valence-corrected chi connectivity index (χ4v) is 6.89. The summed E-state index contributed by atoms with van der Waals surface area (Å²) in [5, 5.41) is 2.60. The number of aromatic amines is 1. The van der Waals surface area contributed by atoms with E-state index in [4.69, 9.17) is 14.2 Å². The van der Waals surface area contributed by atoms with Crippen LogP contribution in [0.1, 0.15) is 57.8 Å². The van der Waals surface area contributed by atoms with Gasteiger partial charge in [-0.15, -0.1) is 0 Å². The van der Waals surface area contributed by atoms with Gasteiger partial charge in [-0.3, -0.25) is 0 Å². The molecular formula is C38H44N2O3. The summed E-state index contributed by atoms with van der Waals surface area (Å²) in [6.07, 6.45) is 10.1. The zero-order valence-electron chi connectivity index (χ0n) is 26.4. The van der Waals surface area contributed by atoms with Gasteiger partial charge in [-0.1, -0.05) is 49.3 Å². The molecule has 0 saturated carbocycles. The van der Waals surface area contributed by atoms with Crippen LogP contribution in [0.2, 0.25) is 0 Å². The second kappa shape index (κ2) is 12.3. The summed E-state index contributed by atoms with van der Waals surface area (Å²) >= 11 is 0. The number of methoxy groups -OCH3 is 2. The van der Waals surface area contributed by atoms with E-state index in [0.717, 1.165) is 72.8 Å². The number of ether oxygens (including phenoxy) is 3. The molecular weight excluding hydrogens is 532 g/mol. The fourth-order valence-electron chi connectivity index (χ4n) is 6.89. The third-order valence-corrected chi connectivity index (χ3v) is 9.61. The molecule has 3 aromatic carbocycles. The van der Waals surface area contributed by atoms with Crippen LogP contribution < -0.4 is 24.6 Å². The van der Waals surface area contributed by atoms with Gasteiger partial charge in [0.1, 0.15) is 11.6 Å². The molecule has 3 atom stereocenters. The van der Waals surface area contributed by atoms with Crippen LogP contribution in [0.5, 0.6) is 17.2 Å². The number of nitrogens with one attached hydrogen (secondary N) is 1. The normalized spacial score (nSPS) is 20.4. The number of fused-ring (bicyclic) bond motifs is 3. The van der Waals surface area contributed by atoms with Crippen molar-refractivity contribution in [2.45, 2.75) is 59.8 Å². The van der Waals surface area contributed by atoms with Gasteiger partial charge < -0.3 is 19.2 Å². The van der Waals surface area contributed by atoms with Crippen LogP contribution >= 0.6 is 0 Å². The minimum Gasteiger partial charge on any atom is -0.493 e. The van der Waals surface area contributed by atoms with Crippen molar-refractivity contribution < 1.29 is 14.2 Å². The molecule has 5 nitrogen and oxygen atoms in total. The molecule has 1 N–H and O–H groups in total. The number of rotatable bonds is 6. The van der Waals surface area contributed by atoms with E-state index in [2.05, 4.69) is 91.4 Å². The van der Waals surface area contributed by atoms with E-state index in [0.29, 0.717) is 17.8 Å². The molecule has 3 unspecified atom stereocenters. The van der Waals surface area contributed by atoms with Crippen molar-refractivity contribution in [2.24, 2.45) is 17.8 Å². The standard InChI is InChI=1S/C38H44N2O3/c1-7-27-10-8-23(2)24(3)31-21-37(41-5)38(42-6)22-33(31)32(27)18-26-9-11-30-19-28(13-15-36(30)43-17-16-26)29-12-14-34-35(20-29)40-25(4)39-34/h8,10,12-15,19-23,26-27H,7,9,11,16-18H2,1-6H3,(H,39,40). The van der Waals surface area contributed by atoms with Crippen molar-refractivity contribution in [1.82, 2.24) is 9.97 Å². The minimum absolute atomic E-state index is 0.367. The minimum atomic E-state index is 0.367. The highest BCUT2D eigenvalue weighted by molar-refractivity contribution is 5.82. The predicted molar refractivity (Wildman–Crippen MR) is 176 cm³/mol. The van der Waals surface area contributed by atoms with Gasteiger partial charge in [0.15, 0.2) is 11.5 Å². The van der Waals surface area contributed by atoms with Crippen LogP contribution in [-0.2, 0) is 6.42 Å². The number of H-pyrrole nitrogens is 1. The Morgan fingerprint density at radius 1 is 0.907 bits per heavy atom. The zero-order chi connectivity index (χ0) is 30.1. The molecule has 0 radical (unpaired) electrons. The molecule has 224 valence electrons. The molecule has 0 saturated heterocycles. The SMILES string of the molecule is CCC1C=CC(C)C(C)=c2cc(OC)c(OC)cc2=C1CC1CCOc2ccc(-c3ccc4nc(C)[nH]c4c3)cc2CC1. The molecule has 5 heteroatoms. The number of aromatic nitrogens is 2. The first-order valence-electron chi connectivity index (χ1n) is 15.7. The third-order valence-electron chi connectivity index (χ3n) is 9.61. The highest BCUT2D eigenvalue weighted by Crippen LogP contribution is 2.36. The number of hydrogen-bond acceptors (Lipinski definition) is 4. The van der Waals surface area contributed by atoms with Gasteiger partial charge in [-0.2, -0.15) is 0 Å². The van der Waals surface area contributed by atoms with Crippen molar-refractivity contribution in [1.29, 1.82) is 0 Å². The maximum Gasteiger partial charge on any atom is 0.161 e. The van der Waals surface area contributed by atoms with Crippen molar-refractivity contribution in [3.8, 4) is 28.4 Å². The average Bonchev–Trinajstić information content (AvgIpc) is 3.39. The monoisotopic (exact) mass is 576 g/mol. The lowest BCUT2D eigenvalue weighted by atomic mass is 9.80. The molecule has 43 heavy (non-hydrogen) atoms. The first-order valence-corrected chi connectivity index (χ1v) is 15.7. The van der Waals surface area contributed by atoms with Crippen LogP contribution in [0.4, 0.5) is 0 Å². The smallest absolute Gasteiger partial charge is 0.161 e. The fraction of sp³-hybridized carbons (Fsp3) is 0.395. The number of allylic oxidation sites excluding steroid dienone is 2. The Balaban J connectivity index is 1.35. The van der Waals surface area contributed by atoms with Crippen LogP contribution in [0.25, 0.3) is 33.3 Å². The average molecular weight is 577 g/mol. The Labute approximate surface area is 255 Å². The van der Waals surface area contributed by atoms with Gasteiger partial charge in [-0.05, 0) is 127 Å². The highest BCUT2D eigenvalue weighted by Gasteiger charge is 2.23.